The molecule has 2 nitrogen and oxygen atoms in total. The second-order valence-corrected chi connectivity index (χ2v) is 7.67. The van der Waals surface area contributed by atoms with E-state index in [2.05, 4.69) is 93.6 Å². The molecule has 29 heavy (non-hydrogen) atoms. The molecule has 0 bridgehead atoms. The van der Waals surface area contributed by atoms with Gasteiger partial charge in [-0.05, 0) is 65.1 Å². The van der Waals surface area contributed by atoms with Crippen molar-refractivity contribution in [3.63, 3.8) is 0 Å². The zero-order valence-corrected chi connectivity index (χ0v) is 17.4. The van der Waals surface area contributed by atoms with Crippen molar-refractivity contribution in [2.24, 2.45) is 0 Å². The van der Waals surface area contributed by atoms with Gasteiger partial charge in [-0.25, -0.2) is 0 Å². The number of rotatable bonds is 7. The van der Waals surface area contributed by atoms with Crippen molar-refractivity contribution in [2.45, 2.75) is 39.5 Å². The van der Waals surface area contributed by atoms with Gasteiger partial charge in [0.1, 0.15) is 0 Å². The normalized spacial score (nSPS) is 12.2. The number of aryl methyl sites for hydroxylation is 1. The lowest BCUT2D eigenvalue weighted by Crippen LogP contribution is -2.00. The maximum Gasteiger partial charge on any atom is 0.303 e. The highest BCUT2D eigenvalue weighted by atomic mass is 16.4. The van der Waals surface area contributed by atoms with Gasteiger partial charge in [-0.1, -0.05) is 85.8 Å². The van der Waals surface area contributed by atoms with E-state index in [-0.39, 0.29) is 12.3 Å². The number of benzene rings is 3. The highest BCUT2D eigenvalue weighted by molar-refractivity contribution is 5.78. The van der Waals surface area contributed by atoms with Crippen LogP contribution in [0.25, 0.3) is 23.3 Å². The van der Waals surface area contributed by atoms with Crippen molar-refractivity contribution in [2.75, 3.05) is 0 Å². The molecule has 3 aromatic rings. The Balaban J connectivity index is 1.87. The molecule has 0 aliphatic carbocycles. The van der Waals surface area contributed by atoms with Crippen LogP contribution < -0.4 is 0 Å². The quantitative estimate of drug-likeness (QED) is 0.441. The molecule has 0 fully saturated rings. The molecule has 3 rings (SSSR count). The van der Waals surface area contributed by atoms with Crippen LogP contribution in [0.4, 0.5) is 0 Å². The maximum atomic E-state index is 10.9. The largest absolute Gasteiger partial charge is 0.481 e. The predicted molar refractivity (Wildman–Crippen MR) is 122 cm³/mol. The van der Waals surface area contributed by atoms with E-state index in [1.807, 2.05) is 6.07 Å². The maximum absolute atomic E-state index is 10.9. The summed E-state index contributed by atoms with van der Waals surface area (Å²) < 4.78 is 0. The first-order valence-corrected chi connectivity index (χ1v) is 10.1. The van der Waals surface area contributed by atoms with E-state index in [0.717, 1.165) is 0 Å². The van der Waals surface area contributed by atoms with Gasteiger partial charge >= 0.3 is 5.97 Å². The van der Waals surface area contributed by atoms with Crippen LogP contribution in [0.3, 0.4) is 0 Å². The zero-order valence-electron chi connectivity index (χ0n) is 17.4. The van der Waals surface area contributed by atoms with E-state index >= 15 is 0 Å². The van der Waals surface area contributed by atoms with Gasteiger partial charge in [0.25, 0.3) is 0 Å². The fourth-order valence-corrected chi connectivity index (χ4v) is 3.60. The van der Waals surface area contributed by atoms with Gasteiger partial charge in [0.2, 0.25) is 0 Å². The molecular weight excluding hydrogens is 356 g/mol. The molecule has 0 heterocycles. The molecule has 3 aromatic carbocycles. The minimum absolute atomic E-state index is 0.200. The molecule has 0 saturated heterocycles. The summed E-state index contributed by atoms with van der Waals surface area (Å²) in [7, 11) is 0. The van der Waals surface area contributed by atoms with Gasteiger partial charge in [-0.15, -0.1) is 0 Å². The Morgan fingerprint density at radius 2 is 1.66 bits per heavy atom. The third-order valence-electron chi connectivity index (χ3n) is 5.57. The van der Waals surface area contributed by atoms with Crippen LogP contribution in [0, 0.1) is 13.8 Å². The van der Waals surface area contributed by atoms with Crippen LogP contribution in [0.15, 0.2) is 66.7 Å². The van der Waals surface area contributed by atoms with Gasteiger partial charge in [-0.2, -0.15) is 0 Å². The van der Waals surface area contributed by atoms with Crippen LogP contribution in [0.1, 0.15) is 53.5 Å². The standard InChI is InChI=1S/C27H28O2/c1-19-12-14-24(20(2)13-17-27(28)29)18-25(19)16-15-22-10-7-11-26(21(22)3)23-8-5-4-6-9-23/h4-12,14-16,18,20H,13,17H2,1-3H3,(H,28,29)/b16-15+. The fourth-order valence-electron chi connectivity index (χ4n) is 3.60. The molecule has 0 saturated carbocycles. The van der Waals surface area contributed by atoms with Crippen LogP contribution in [0.5, 0.6) is 0 Å². The van der Waals surface area contributed by atoms with Gasteiger partial charge < -0.3 is 5.11 Å². The fraction of sp³-hybridized carbons (Fsp3) is 0.222. The summed E-state index contributed by atoms with van der Waals surface area (Å²) in [6, 6.07) is 23.3. The molecule has 148 valence electrons. The zero-order chi connectivity index (χ0) is 20.8. The van der Waals surface area contributed by atoms with E-state index in [9.17, 15) is 4.79 Å². The Morgan fingerprint density at radius 1 is 0.931 bits per heavy atom. The number of carbonyl (C=O) groups is 1. The number of carboxylic acids is 1. The van der Waals surface area contributed by atoms with Crippen molar-refractivity contribution in [1.82, 2.24) is 0 Å². The number of hydrogen-bond acceptors (Lipinski definition) is 1. The molecule has 0 radical (unpaired) electrons. The Hall–Kier alpha value is -3.13. The summed E-state index contributed by atoms with van der Waals surface area (Å²) in [5.74, 6) is -0.514. The average Bonchev–Trinajstić information content (AvgIpc) is 2.73. The minimum Gasteiger partial charge on any atom is -0.481 e. The molecule has 1 atom stereocenters. The topological polar surface area (TPSA) is 37.3 Å². The van der Waals surface area contributed by atoms with Crippen molar-refractivity contribution in [3.8, 4) is 11.1 Å². The third-order valence-corrected chi connectivity index (χ3v) is 5.57. The summed E-state index contributed by atoms with van der Waals surface area (Å²) in [5, 5.41) is 8.94. The lowest BCUT2D eigenvalue weighted by atomic mass is 9.92. The number of aliphatic carboxylic acids is 1. The second-order valence-electron chi connectivity index (χ2n) is 7.67. The number of hydrogen-bond donors (Lipinski definition) is 1. The average molecular weight is 385 g/mol. The Labute approximate surface area is 173 Å². The number of carboxylic acid groups (broad SMARTS) is 1. The van der Waals surface area contributed by atoms with Crippen molar-refractivity contribution >= 4 is 18.1 Å². The SMILES string of the molecule is Cc1ccc(C(C)CCC(=O)O)cc1/C=C/c1cccc(-c2ccccc2)c1C. The summed E-state index contributed by atoms with van der Waals surface area (Å²) in [4.78, 5) is 10.9. The first-order chi connectivity index (χ1) is 14.0. The predicted octanol–water partition coefficient (Wildman–Crippen LogP) is 7.11. The summed E-state index contributed by atoms with van der Waals surface area (Å²) in [5.41, 5.74) is 8.52. The van der Waals surface area contributed by atoms with E-state index in [4.69, 9.17) is 5.11 Å². The Kier molecular flexibility index (Phi) is 6.66. The first kappa shape index (κ1) is 20.6. The van der Waals surface area contributed by atoms with Crippen LogP contribution in [-0.4, -0.2) is 11.1 Å². The minimum atomic E-state index is -0.738. The van der Waals surface area contributed by atoms with Crippen molar-refractivity contribution in [1.29, 1.82) is 0 Å². The molecule has 1 N–H and O–H groups in total. The molecule has 0 aromatic heterocycles. The van der Waals surface area contributed by atoms with Gasteiger partial charge in [0, 0.05) is 6.42 Å². The van der Waals surface area contributed by atoms with E-state index in [0.29, 0.717) is 6.42 Å². The molecule has 1 unspecified atom stereocenters. The van der Waals surface area contributed by atoms with Crippen LogP contribution in [-0.2, 0) is 4.79 Å². The highest BCUT2D eigenvalue weighted by Gasteiger charge is 2.10. The monoisotopic (exact) mass is 384 g/mol. The lowest BCUT2D eigenvalue weighted by Gasteiger charge is -2.13. The molecule has 0 spiro atoms. The summed E-state index contributed by atoms with van der Waals surface area (Å²) in [6.07, 6.45) is 5.20. The van der Waals surface area contributed by atoms with Crippen molar-refractivity contribution < 1.29 is 9.90 Å². The molecule has 0 aliphatic rings. The van der Waals surface area contributed by atoms with Crippen LogP contribution >= 0.6 is 0 Å². The molecule has 2 heteroatoms. The third kappa shape index (κ3) is 5.23. The van der Waals surface area contributed by atoms with E-state index in [1.165, 1.54) is 38.9 Å². The molecular formula is C27H28O2. The summed E-state index contributed by atoms with van der Waals surface area (Å²) in [6.45, 7) is 6.37. The first-order valence-electron chi connectivity index (χ1n) is 10.1. The van der Waals surface area contributed by atoms with E-state index in [1.54, 1.807) is 0 Å². The Bertz CT molecular complexity index is 1020. The highest BCUT2D eigenvalue weighted by Crippen LogP contribution is 2.28. The Morgan fingerprint density at radius 3 is 2.38 bits per heavy atom. The smallest absolute Gasteiger partial charge is 0.303 e. The van der Waals surface area contributed by atoms with E-state index < -0.39 is 5.97 Å². The van der Waals surface area contributed by atoms with Gasteiger partial charge in [-0.3, -0.25) is 4.79 Å². The van der Waals surface area contributed by atoms with Gasteiger partial charge in [0.15, 0.2) is 0 Å². The molecule has 0 amide bonds. The molecule has 0 aliphatic heterocycles. The van der Waals surface area contributed by atoms with Crippen molar-refractivity contribution in [3.05, 3.63) is 94.5 Å². The van der Waals surface area contributed by atoms with Crippen LogP contribution in [0.2, 0.25) is 0 Å². The summed E-state index contributed by atoms with van der Waals surface area (Å²) >= 11 is 0. The second kappa shape index (κ2) is 9.38. The lowest BCUT2D eigenvalue weighted by molar-refractivity contribution is -0.137. The van der Waals surface area contributed by atoms with Gasteiger partial charge in [0.05, 0.1) is 0 Å².